The van der Waals surface area contributed by atoms with Gasteiger partial charge in [0.05, 0.1) is 0 Å². The fourth-order valence-electron chi connectivity index (χ4n) is 0.766. The third-order valence-corrected chi connectivity index (χ3v) is 1.36. The van der Waals surface area contributed by atoms with Crippen LogP contribution in [0.3, 0.4) is 0 Å². The van der Waals surface area contributed by atoms with Crippen molar-refractivity contribution < 1.29 is 4.74 Å². The van der Waals surface area contributed by atoms with Crippen LogP contribution < -0.4 is 10.5 Å². The van der Waals surface area contributed by atoms with Crippen molar-refractivity contribution >= 4 is 17.3 Å². The maximum atomic E-state index is 5.53. The lowest BCUT2D eigenvalue weighted by atomic mass is 10.3. The maximum Gasteiger partial charge on any atom is 0.123 e. The number of rotatable bonds is 3. The molecule has 1 rings (SSSR count). The summed E-state index contributed by atoms with van der Waals surface area (Å²) < 4.78 is 5.24. The Balaban J connectivity index is 2.57. The van der Waals surface area contributed by atoms with Crippen LogP contribution in [0.15, 0.2) is 35.9 Å². The van der Waals surface area contributed by atoms with Crippen LogP contribution in [0.4, 0.5) is 5.69 Å². The summed E-state index contributed by atoms with van der Waals surface area (Å²) in [5.74, 6) is 0.705. The molecular weight excluding hydrogens is 174 g/mol. The molecular formula is C9H10ClNO. The molecule has 64 valence electrons. The van der Waals surface area contributed by atoms with Gasteiger partial charge in [-0.2, -0.15) is 0 Å². The summed E-state index contributed by atoms with van der Waals surface area (Å²) in [6, 6.07) is 7.17. The number of hydrogen-bond acceptors (Lipinski definition) is 2. The third kappa shape index (κ3) is 2.84. The average molecular weight is 184 g/mol. The first kappa shape index (κ1) is 8.94. The molecule has 0 saturated heterocycles. The molecule has 1 aromatic rings. The summed E-state index contributed by atoms with van der Waals surface area (Å²) in [6.07, 6.45) is 0. The Morgan fingerprint density at radius 3 is 2.92 bits per heavy atom. The zero-order valence-electron chi connectivity index (χ0n) is 6.59. The van der Waals surface area contributed by atoms with Crippen LogP contribution in [-0.4, -0.2) is 6.61 Å². The molecule has 0 unspecified atom stereocenters. The highest BCUT2D eigenvalue weighted by atomic mass is 35.5. The van der Waals surface area contributed by atoms with E-state index in [9.17, 15) is 0 Å². The Morgan fingerprint density at radius 1 is 1.58 bits per heavy atom. The molecule has 2 N–H and O–H groups in total. The average Bonchev–Trinajstić information content (AvgIpc) is 2.01. The van der Waals surface area contributed by atoms with Gasteiger partial charge in [-0.05, 0) is 12.1 Å². The highest BCUT2D eigenvalue weighted by molar-refractivity contribution is 6.29. The van der Waals surface area contributed by atoms with Crippen molar-refractivity contribution in [1.29, 1.82) is 0 Å². The van der Waals surface area contributed by atoms with E-state index in [0.29, 0.717) is 23.1 Å². The van der Waals surface area contributed by atoms with E-state index >= 15 is 0 Å². The molecule has 0 aliphatic rings. The SMILES string of the molecule is C=C(Cl)COc1cccc(N)c1. The molecule has 0 aliphatic carbocycles. The number of anilines is 1. The molecule has 0 heterocycles. The van der Waals surface area contributed by atoms with Gasteiger partial charge in [-0.25, -0.2) is 0 Å². The Bertz CT molecular complexity index is 286. The lowest BCUT2D eigenvalue weighted by Gasteiger charge is -2.04. The summed E-state index contributed by atoms with van der Waals surface area (Å²) in [5, 5.41) is 0.470. The molecule has 2 nitrogen and oxygen atoms in total. The van der Waals surface area contributed by atoms with Gasteiger partial charge in [-0.15, -0.1) is 0 Å². The maximum absolute atomic E-state index is 5.53. The van der Waals surface area contributed by atoms with Crippen LogP contribution >= 0.6 is 11.6 Å². The largest absolute Gasteiger partial charge is 0.488 e. The number of nitrogen functional groups attached to an aromatic ring is 1. The molecule has 1 aromatic carbocycles. The van der Waals surface area contributed by atoms with Crippen molar-refractivity contribution in [2.24, 2.45) is 0 Å². The summed E-state index contributed by atoms with van der Waals surface area (Å²) >= 11 is 5.52. The number of halogens is 1. The van der Waals surface area contributed by atoms with Gasteiger partial charge >= 0.3 is 0 Å². The van der Waals surface area contributed by atoms with Gasteiger partial charge in [0.25, 0.3) is 0 Å². The van der Waals surface area contributed by atoms with Crippen molar-refractivity contribution in [3.63, 3.8) is 0 Å². The van der Waals surface area contributed by atoms with E-state index in [-0.39, 0.29) is 0 Å². The van der Waals surface area contributed by atoms with E-state index in [2.05, 4.69) is 6.58 Å². The highest BCUT2D eigenvalue weighted by Crippen LogP contribution is 2.15. The smallest absolute Gasteiger partial charge is 0.123 e. The Kier molecular flexibility index (Phi) is 3.00. The third-order valence-electron chi connectivity index (χ3n) is 1.25. The minimum atomic E-state index is 0.311. The lowest BCUT2D eigenvalue weighted by molar-refractivity contribution is 0.360. The van der Waals surface area contributed by atoms with Gasteiger partial charge in [0.15, 0.2) is 0 Å². The fourth-order valence-corrected chi connectivity index (χ4v) is 0.821. The molecule has 0 amide bonds. The minimum absolute atomic E-state index is 0.311. The number of ether oxygens (including phenoxy) is 1. The second kappa shape index (κ2) is 4.02. The van der Waals surface area contributed by atoms with E-state index < -0.39 is 0 Å². The van der Waals surface area contributed by atoms with Crippen molar-refractivity contribution in [2.75, 3.05) is 12.3 Å². The monoisotopic (exact) mass is 183 g/mol. The van der Waals surface area contributed by atoms with Gasteiger partial charge in [0, 0.05) is 16.8 Å². The van der Waals surface area contributed by atoms with Crippen molar-refractivity contribution in [3.05, 3.63) is 35.9 Å². The Hall–Kier alpha value is -1.15. The molecule has 0 spiro atoms. The van der Waals surface area contributed by atoms with Gasteiger partial charge in [0.2, 0.25) is 0 Å². The normalized spacial score (nSPS) is 9.42. The molecule has 0 fully saturated rings. The molecule has 0 atom stereocenters. The second-order valence-corrected chi connectivity index (χ2v) is 2.91. The topological polar surface area (TPSA) is 35.2 Å². The summed E-state index contributed by atoms with van der Waals surface area (Å²) in [6.45, 7) is 3.81. The standard InChI is InChI=1S/C9H10ClNO/c1-7(10)6-12-9-4-2-3-8(11)5-9/h2-5H,1,6,11H2. The molecule has 0 bridgehead atoms. The second-order valence-electron chi connectivity index (χ2n) is 2.38. The van der Waals surface area contributed by atoms with Crippen LogP contribution in [0.5, 0.6) is 5.75 Å². The summed E-state index contributed by atoms with van der Waals surface area (Å²) in [4.78, 5) is 0. The zero-order valence-corrected chi connectivity index (χ0v) is 7.34. The number of hydrogen-bond donors (Lipinski definition) is 1. The summed E-state index contributed by atoms with van der Waals surface area (Å²) in [5.41, 5.74) is 6.20. The first-order valence-corrected chi connectivity index (χ1v) is 3.88. The predicted molar refractivity (Wildman–Crippen MR) is 51.3 cm³/mol. The fraction of sp³-hybridized carbons (Fsp3) is 0.111. The van der Waals surface area contributed by atoms with E-state index in [1.807, 2.05) is 12.1 Å². The molecule has 0 saturated carbocycles. The van der Waals surface area contributed by atoms with Gasteiger partial charge in [-0.1, -0.05) is 24.2 Å². The molecule has 12 heavy (non-hydrogen) atoms. The van der Waals surface area contributed by atoms with E-state index in [1.54, 1.807) is 12.1 Å². The highest BCUT2D eigenvalue weighted by Gasteiger charge is 1.93. The quantitative estimate of drug-likeness (QED) is 0.731. The minimum Gasteiger partial charge on any atom is -0.488 e. The van der Waals surface area contributed by atoms with Crippen LogP contribution in [0, 0.1) is 0 Å². The number of benzene rings is 1. The van der Waals surface area contributed by atoms with Crippen molar-refractivity contribution in [2.45, 2.75) is 0 Å². The van der Waals surface area contributed by atoms with E-state index in [1.165, 1.54) is 0 Å². The first-order valence-electron chi connectivity index (χ1n) is 3.50. The van der Waals surface area contributed by atoms with E-state index in [4.69, 9.17) is 22.1 Å². The molecule has 0 aromatic heterocycles. The lowest BCUT2D eigenvalue weighted by Crippen LogP contribution is -1.96. The van der Waals surface area contributed by atoms with E-state index in [0.717, 1.165) is 0 Å². The Labute approximate surface area is 76.6 Å². The predicted octanol–water partition coefficient (Wildman–Crippen LogP) is 2.40. The van der Waals surface area contributed by atoms with Crippen molar-refractivity contribution in [1.82, 2.24) is 0 Å². The first-order chi connectivity index (χ1) is 5.68. The molecule has 0 aliphatic heterocycles. The van der Waals surface area contributed by atoms with Gasteiger partial charge in [0.1, 0.15) is 12.4 Å². The molecule has 3 heteroatoms. The van der Waals surface area contributed by atoms with Crippen LogP contribution in [0.25, 0.3) is 0 Å². The van der Waals surface area contributed by atoms with Gasteiger partial charge < -0.3 is 10.5 Å². The van der Waals surface area contributed by atoms with Gasteiger partial charge in [-0.3, -0.25) is 0 Å². The zero-order chi connectivity index (χ0) is 8.97. The molecule has 0 radical (unpaired) electrons. The van der Waals surface area contributed by atoms with Crippen LogP contribution in [0.1, 0.15) is 0 Å². The Morgan fingerprint density at radius 2 is 2.33 bits per heavy atom. The number of nitrogens with two attached hydrogens (primary N) is 1. The van der Waals surface area contributed by atoms with Crippen LogP contribution in [-0.2, 0) is 0 Å². The van der Waals surface area contributed by atoms with Crippen molar-refractivity contribution in [3.8, 4) is 5.75 Å². The van der Waals surface area contributed by atoms with Crippen LogP contribution in [0.2, 0.25) is 0 Å². The summed E-state index contributed by atoms with van der Waals surface area (Å²) in [7, 11) is 0.